The van der Waals surface area contributed by atoms with Crippen molar-refractivity contribution < 1.29 is 24.2 Å². The number of para-hydroxylation sites is 1. The predicted octanol–water partition coefficient (Wildman–Crippen LogP) is 0.210. The lowest BCUT2D eigenvalue weighted by Gasteiger charge is -2.36. The topological polar surface area (TPSA) is 90.4 Å². The van der Waals surface area contributed by atoms with Crippen LogP contribution in [0.15, 0.2) is 24.3 Å². The van der Waals surface area contributed by atoms with Crippen molar-refractivity contribution in [1.82, 2.24) is 9.80 Å². The molecule has 1 unspecified atom stereocenters. The molecule has 27 heavy (non-hydrogen) atoms. The number of fused-ring (bicyclic) bond motifs is 1. The van der Waals surface area contributed by atoms with Crippen LogP contribution in [0.3, 0.4) is 0 Å². The Bertz CT molecular complexity index is 723. The summed E-state index contributed by atoms with van der Waals surface area (Å²) in [5.41, 5.74) is 1.90. The summed E-state index contributed by atoms with van der Waals surface area (Å²) in [6.07, 6.45) is 0.877. The average Bonchev–Trinajstić information content (AvgIpc) is 2.63. The number of amides is 2. The van der Waals surface area contributed by atoms with Gasteiger partial charge in [-0.2, -0.15) is 0 Å². The van der Waals surface area contributed by atoms with Crippen LogP contribution in [0, 0.1) is 0 Å². The SMILES string of the molecule is CN(CC(=O)O)CC1CN(C(=O)CN2C(=O)CCc3ccccc32)CCO1. The third kappa shape index (κ3) is 4.84. The molecule has 2 aliphatic heterocycles. The van der Waals surface area contributed by atoms with Crippen molar-refractivity contribution in [3.05, 3.63) is 29.8 Å². The second-order valence-electron chi connectivity index (χ2n) is 7.03. The zero-order valence-electron chi connectivity index (χ0n) is 15.5. The van der Waals surface area contributed by atoms with E-state index < -0.39 is 5.97 Å². The molecule has 0 saturated carbocycles. The number of hydrogen-bond acceptors (Lipinski definition) is 5. The van der Waals surface area contributed by atoms with Crippen molar-refractivity contribution >= 4 is 23.5 Å². The lowest BCUT2D eigenvalue weighted by atomic mass is 10.0. The Labute approximate surface area is 158 Å². The molecule has 146 valence electrons. The van der Waals surface area contributed by atoms with Crippen LogP contribution in [0.1, 0.15) is 12.0 Å². The number of hydrogen-bond donors (Lipinski definition) is 1. The van der Waals surface area contributed by atoms with Crippen LogP contribution in [0.4, 0.5) is 5.69 Å². The summed E-state index contributed by atoms with van der Waals surface area (Å²) < 4.78 is 5.67. The average molecular weight is 375 g/mol. The maximum atomic E-state index is 12.8. The first kappa shape index (κ1) is 19.3. The molecule has 0 aromatic heterocycles. The number of ether oxygens (including phenoxy) is 1. The van der Waals surface area contributed by atoms with E-state index in [4.69, 9.17) is 9.84 Å². The van der Waals surface area contributed by atoms with E-state index in [2.05, 4.69) is 0 Å². The minimum atomic E-state index is -0.900. The maximum Gasteiger partial charge on any atom is 0.317 e. The fourth-order valence-corrected chi connectivity index (χ4v) is 3.60. The van der Waals surface area contributed by atoms with Gasteiger partial charge in [0.25, 0.3) is 0 Å². The third-order valence-corrected chi connectivity index (χ3v) is 4.90. The second-order valence-corrected chi connectivity index (χ2v) is 7.03. The second kappa shape index (κ2) is 8.49. The smallest absolute Gasteiger partial charge is 0.317 e. The molecule has 0 radical (unpaired) electrons. The molecule has 2 amide bonds. The number of aryl methyl sites for hydroxylation is 1. The molecule has 0 bridgehead atoms. The minimum Gasteiger partial charge on any atom is -0.480 e. The molecule has 3 rings (SSSR count). The summed E-state index contributed by atoms with van der Waals surface area (Å²) in [4.78, 5) is 40.9. The van der Waals surface area contributed by atoms with Crippen molar-refractivity contribution in [2.45, 2.75) is 18.9 Å². The Balaban J connectivity index is 1.61. The molecule has 2 heterocycles. The molecule has 1 atom stereocenters. The Hall–Kier alpha value is -2.45. The van der Waals surface area contributed by atoms with Gasteiger partial charge < -0.3 is 19.6 Å². The number of aliphatic carboxylic acids is 1. The van der Waals surface area contributed by atoms with Crippen LogP contribution in [0.25, 0.3) is 0 Å². The number of carboxylic acid groups (broad SMARTS) is 1. The number of likely N-dealkylation sites (N-methyl/N-ethyl adjacent to an activating group) is 1. The van der Waals surface area contributed by atoms with E-state index in [9.17, 15) is 14.4 Å². The molecule has 2 aliphatic rings. The number of nitrogens with zero attached hydrogens (tertiary/aromatic N) is 3. The first-order chi connectivity index (χ1) is 12.9. The third-order valence-electron chi connectivity index (χ3n) is 4.90. The van der Waals surface area contributed by atoms with Gasteiger partial charge in [0.2, 0.25) is 11.8 Å². The molecule has 1 saturated heterocycles. The van der Waals surface area contributed by atoms with Gasteiger partial charge in [-0.25, -0.2) is 0 Å². The minimum absolute atomic E-state index is 0.0214. The normalized spacial score (nSPS) is 19.9. The number of benzene rings is 1. The van der Waals surface area contributed by atoms with Crippen LogP contribution in [0.5, 0.6) is 0 Å². The molecule has 0 aliphatic carbocycles. The largest absolute Gasteiger partial charge is 0.480 e. The first-order valence-electron chi connectivity index (χ1n) is 9.12. The summed E-state index contributed by atoms with van der Waals surface area (Å²) in [6.45, 7) is 1.65. The van der Waals surface area contributed by atoms with E-state index in [1.54, 1.807) is 21.7 Å². The lowest BCUT2D eigenvalue weighted by molar-refractivity contribution is -0.141. The zero-order valence-corrected chi connectivity index (χ0v) is 15.5. The molecule has 8 heteroatoms. The number of carboxylic acids is 1. The molecule has 0 spiro atoms. The van der Waals surface area contributed by atoms with Gasteiger partial charge in [0.15, 0.2) is 0 Å². The Morgan fingerprint density at radius 2 is 2.07 bits per heavy atom. The Morgan fingerprint density at radius 1 is 1.30 bits per heavy atom. The van der Waals surface area contributed by atoms with Crippen LogP contribution in [0.2, 0.25) is 0 Å². The molecular weight excluding hydrogens is 350 g/mol. The van der Waals surface area contributed by atoms with Crippen LogP contribution < -0.4 is 4.90 Å². The standard InChI is InChI=1S/C19H25N3O5/c1-20(13-19(25)26)10-15-11-21(8-9-27-15)18(24)12-22-16-5-3-2-4-14(16)6-7-17(22)23/h2-5,15H,6-13H2,1H3,(H,25,26). The van der Waals surface area contributed by atoms with Gasteiger partial charge in [0.05, 0.1) is 19.3 Å². The highest BCUT2D eigenvalue weighted by atomic mass is 16.5. The van der Waals surface area contributed by atoms with Gasteiger partial charge in [-0.1, -0.05) is 18.2 Å². The van der Waals surface area contributed by atoms with Crippen LogP contribution in [-0.2, 0) is 25.5 Å². The van der Waals surface area contributed by atoms with E-state index in [1.807, 2.05) is 24.3 Å². The highest BCUT2D eigenvalue weighted by Crippen LogP contribution is 2.27. The van der Waals surface area contributed by atoms with Crippen molar-refractivity contribution in [3.63, 3.8) is 0 Å². The summed E-state index contributed by atoms with van der Waals surface area (Å²) in [5, 5.41) is 8.86. The maximum absolute atomic E-state index is 12.8. The number of carbonyl (C=O) groups excluding carboxylic acids is 2. The summed E-state index contributed by atoms with van der Waals surface area (Å²) in [5.74, 6) is -1.05. The Morgan fingerprint density at radius 3 is 2.85 bits per heavy atom. The van der Waals surface area contributed by atoms with Crippen LogP contribution >= 0.6 is 0 Å². The monoisotopic (exact) mass is 375 g/mol. The van der Waals surface area contributed by atoms with Gasteiger partial charge >= 0.3 is 5.97 Å². The predicted molar refractivity (Wildman–Crippen MR) is 98.6 cm³/mol. The van der Waals surface area contributed by atoms with Gasteiger partial charge in [-0.15, -0.1) is 0 Å². The molecule has 1 N–H and O–H groups in total. The Kier molecular flexibility index (Phi) is 6.08. The molecule has 8 nitrogen and oxygen atoms in total. The first-order valence-corrected chi connectivity index (χ1v) is 9.12. The molecule has 1 fully saturated rings. The summed E-state index contributed by atoms with van der Waals surface area (Å²) in [7, 11) is 1.71. The number of anilines is 1. The fraction of sp³-hybridized carbons (Fsp3) is 0.526. The summed E-state index contributed by atoms with van der Waals surface area (Å²) in [6, 6.07) is 7.68. The van der Waals surface area contributed by atoms with E-state index in [-0.39, 0.29) is 31.0 Å². The van der Waals surface area contributed by atoms with Crippen molar-refractivity contribution in [2.75, 3.05) is 51.3 Å². The van der Waals surface area contributed by atoms with Gasteiger partial charge in [-0.3, -0.25) is 19.3 Å². The van der Waals surface area contributed by atoms with E-state index >= 15 is 0 Å². The van der Waals surface area contributed by atoms with E-state index in [0.717, 1.165) is 11.3 Å². The van der Waals surface area contributed by atoms with Gasteiger partial charge in [-0.05, 0) is 25.1 Å². The van der Waals surface area contributed by atoms with E-state index in [0.29, 0.717) is 39.1 Å². The highest BCUT2D eigenvalue weighted by molar-refractivity contribution is 6.01. The highest BCUT2D eigenvalue weighted by Gasteiger charge is 2.30. The van der Waals surface area contributed by atoms with Gasteiger partial charge in [0.1, 0.15) is 6.54 Å². The number of morpholine rings is 1. The van der Waals surface area contributed by atoms with Crippen molar-refractivity contribution in [1.29, 1.82) is 0 Å². The zero-order chi connectivity index (χ0) is 19.4. The molecular formula is C19H25N3O5. The van der Waals surface area contributed by atoms with E-state index in [1.165, 1.54) is 0 Å². The molecule has 1 aromatic rings. The quantitative estimate of drug-likeness (QED) is 0.764. The van der Waals surface area contributed by atoms with Crippen LogP contribution in [-0.4, -0.2) is 85.2 Å². The van der Waals surface area contributed by atoms with Gasteiger partial charge in [0, 0.05) is 31.7 Å². The van der Waals surface area contributed by atoms with Crippen molar-refractivity contribution in [3.8, 4) is 0 Å². The van der Waals surface area contributed by atoms with Crippen molar-refractivity contribution in [2.24, 2.45) is 0 Å². The fourth-order valence-electron chi connectivity index (χ4n) is 3.60. The molecule has 1 aromatic carbocycles. The number of carbonyl (C=O) groups is 3. The summed E-state index contributed by atoms with van der Waals surface area (Å²) >= 11 is 0. The number of rotatable bonds is 6. The lowest BCUT2D eigenvalue weighted by Crippen LogP contribution is -2.52.